The van der Waals surface area contributed by atoms with E-state index < -0.39 is 0 Å². The van der Waals surface area contributed by atoms with Crippen molar-refractivity contribution in [3.05, 3.63) is 45.3 Å². The third-order valence-corrected chi connectivity index (χ3v) is 3.86. The van der Waals surface area contributed by atoms with Crippen molar-refractivity contribution >= 4 is 27.5 Å². The molecule has 0 bridgehead atoms. The summed E-state index contributed by atoms with van der Waals surface area (Å²) in [6.45, 7) is 4.17. The molecule has 2 N–H and O–H groups in total. The van der Waals surface area contributed by atoms with Crippen molar-refractivity contribution in [2.75, 3.05) is 12.8 Å². The quantitative estimate of drug-likeness (QED) is 0.874. The Morgan fingerprint density at radius 2 is 2.15 bits per heavy atom. The molecule has 1 amide bonds. The molecular weight excluding hydrogens is 322 g/mol. The molecule has 0 aliphatic rings. The van der Waals surface area contributed by atoms with Gasteiger partial charge in [-0.1, -0.05) is 5.16 Å². The minimum atomic E-state index is -0.0781. The second kappa shape index (κ2) is 5.66. The van der Waals surface area contributed by atoms with Crippen LogP contribution in [-0.4, -0.2) is 23.0 Å². The molecule has 1 aromatic heterocycles. The number of hydrogen-bond acceptors (Lipinski definition) is 4. The van der Waals surface area contributed by atoms with Crippen molar-refractivity contribution in [3.63, 3.8) is 0 Å². The van der Waals surface area contributed by atoms with Gasteiger partial charge in [0.2, 0.25) is 0 Å². The number of hydrogen-bond donors (Lipinski definition) is 1. The fourth-order valence-electron chi connectivity index (χ4n) is 1.92. The zero-order chi connectivity index (χ0) is 14.9. The SMILES string of the molecule is Cc1noc(C)c1CN(C)C(=O)c1ccc(N)c(Br)c1. The van der Waals surface area contributed by atoms with Crippen LogP contribution >= 0.6 is 15.9 Å². The summed E-state index contributed by atoms with van der Waals surface area (Å²) < 4.78 is 5.82. The monoisotopic (exact) mass is 337 g/mol. The van der Waals surface area contributed by atoms with Gasteiger partial charge in [-0.3, -0.25) is 4.79 Å². The molecular formula is C14H16BrN3O2. The van der Waals surface area contributed by atoms with E-state index in [4.69, 9.17) is 10.3 Å². The van der Waals surface area contributed by atoms with E-state index in [2.05, 4.69) is 21.1 Å². The largest absolute Gasteiger partial charge is 0.398 e. The number of carbonyl (C=O) groups is 1. The predicted octanol–water partition coefficient (Wildman–Crippen LogP) is 2.91. The number of aromatic nitrogens is 1. The van der Waals surface area contributed by atoms with Gasteiger partial charge in [0, 0.05) is 28.3 Å². The van der Waals surface area contributed by atoms with E-state index in [9.17, 15) is 4.79 Å². The van der Waals surface area contributed by atoms with Crippen LogP contribution in [0, 0.1) is 13.8 Å². The van der Waals surface area contributed by atoms with Gasteiger partial charge in [-0.25, -0.2) is 0 Å². The number of rotatable bonds is 3. The van der Waals surface area contributed by atoms with Crippen molar-refractivity contribution in [3.8, 4) is 0 Å². The minimum absolute atomic E-state index is 0.0781. The van der Waals surface area contributed by atoms with E-state index in [1.54, 1.807) is 30.1 Å². The molecule has 1 heterocycles. The summed E-state index contributed by atoms with van der Waals surface area (Å²) in [5.74, 6) is 0.659. The molecule has 0 fully saturated rings. The van der Waals surface area contributed by atoms with E-state index in [0.29, 0.717) is 22.3 Å². The molecule has 0 spiro atoms. The lowest BCUT2D eigenvalue weighted by molar-refractivity contribution is 0.0784. The average molecular weight is 338 g/mol. The van der Waals surface area contributed by atoms with E-state index in [1.807, 2.05) is 13.8 Å². The Labute approximate surface area is 125 Å². The van der Waals surface area contributed by atoms with Crippen LogP contribution in [0.5, 0.6) is 0 Å². The van der Waals surface area contributed by atoms with Crippen LogP contribution in [0.25, 0.3) is 0 Å². The van der Waals surface area contributed by atoms with Gasteiger partial charge in [0.1, 0.15) is 5.76 Å². The molecule has 0 aliphatic heterocycles. The van der Waals surface area contributed by atoms with E-state index >= 15 is 0 Å². The first-order valence-corrected chi connectivity index (χ1v) is 6.91. The fraction of sp³-hybridized carbons (Fsp3) is 0.286. The first kappa shape index (κ1) is 14.6. The van der Waals surface area contributed by atoms with Crippen LogP contribution in [0.1, 0.15) is 27.4 Å². The van der Waals surface area contributed by atoms with Crippen LogP contribution in [0.15, 0.2) is 27.2 Å². The highest BCUT2D eigenvalue weighted by Gasteiger charge is 2.17. The van der Waals surface area contributed by atoms with Gasteiger partial charge >= 0.3 is 0 Å². The van der Waals surface area contributed by atoms with Crippen molar-refractivity contribution < 1.29 is 9.32 Å². The van der Waals surface area contributed by atoms with Crippen LogP contribution in [-0.2, 0) is 6.54 Å². The van der Waals surface area contributed by atoms with E-state index in [0.717, 1.165) is 17.0 Å². The van der Waals surface area contributed by atoms with Gasteiger partial charge < -0.3 is 15.2 Å². The summed E-state index contributed by atoms with van der Waals surface area (Å²) in [4.78, 5) is 14.0. The summed E-state index contributed by atoms with van der Waals surface area (Å²) in [5, 5.41) is 3.89. The molecule has 2 aromatic rings. The fourth-order valence-corrected chi connectivity index (χ4v) is 2.30. The highest BCUT2D eigenvalue weighted by molar-refractivity contribution is 9.10. The maximum atomic E-state index is 12.4. The summed E-state index contributed by atoms with van der Waals surface area (Å²) in [5.41, 5.74) is 8.66. The van der Waals surface area contributed by atoms with Crippen LogP contribution in [0.2, 0.25) is 0 Å². The number of nitrogens with zero attached hydrogens (tertiary/aromatic N) is 2. The first-order valence-electron chi connectivity index (χ1n) is 6.12. The molecule has 0 saturated carbocycles. The van der Waals surface area contributed by atoms with Gasteiger partial charge in [0.15, 0.2) is 0 Å². The summed E-state index contributed by atoms with van der Waals surface area (Å²) in [6, 6.07) is 5.15. The zero-order valence-electron chi connectivity index (χ0n) is 11.6. The molecule has 20 heavy (non-hydrogen) atoms. The molecule has 0 radical (unpaired) electrons. The highest BCUT2D eigenvalue weighted by Crippen LogP contribution is 2.22. The second-order valence-corrected chi connectivity index (χ2v) is 5.55. The van der Waals surface area contributed by atoms with Crippen molar-refractivity contribution in [1.82, 2.24) is 10.1 Å². The van der Waals surface area contributed by atoms with Crippen LogP contribution in [0.4, 0.5) is 5.69 Å². The number of anilines is 1. The summed E-state index contributed by atoms with van der Waals surface area (Å²) in [6.07, 6.45) is 0. The Morgan fingerprint density at radius 1 is 1.45 bits per heavy atom. The lowest BCUT2D eigenvalue weighted by Crippen LogP contribution is -2.26. The third-order valence-electron chi connectivity index (χ3n) is 3.17. The number of amides is 1. The minimum Gasteiger partial charge on any atom is -0.398 e. The molecule has 2 rings (SSSR count). The average Bonchev–Trinajstić information content (AvgIpc) is 2.72. The number of aryl methyl sites for hydroxylation is 2. The molecule has 0 saturated heterocycles. The Balaban J connectivity index is 2.18. The molecule has 1 aromatic carbocycles. The van der Waals surface area contributed by atoms with Gasteiger partial charge in [-0.15, -0.1) is 0 Å². The Bertz CT molecular complexity index is 632. The Hall–Kier alpha value is -1.82. The molecule has 0 atom stereocenters. The first-order chi connectivity index (χ1) is 9.40. The highest BCUT2D eigenvalue weighted by atomic mass is 79.9. The number of carbonyl (C=O) groups excluding carboxylic acids is 1. The third kappa shape index (κ3) is 2.85. The van der Waals surface area contributed by atoms with Gasteiger partial charge in [-0.2, -0.15) is 0 Å². The number of nitrogen functional groups attached to an aromatic ring is 1. The topological polar surface area (TPSA) is 72.4 Å². The van der Waals surface area contributed by atoms with Crippen molar-refractivity contribution in [1.29, 1.82) is 0 Å². The van der Waals surface area contributed by atoms with Crippen molar-refractivity contribution in [2.24, 2.45) is 0 Å². The van der Waals surface area contributed by atoms with Crippen LogP contribution < -0.4 is 5.73 Å². The van der Waals surface area contributed by atoms with E-state index in [-0.39, 0.29) is 5.91 Å². The molecule has 0 aliphatic carbocycles. The maximum Gasteiger partial charge on any atom is 0.253 e. The lowest BCUT2D eigenvalue weighted by Gasteiger charge is -2.17. The summed E-state index contributed by atoms with van der Waals surface area (Å²) >= 11 is 3.33. The normalized spacial score (nSPS) is 10.6. The molecule has 5 nitrogen and oxygen atoms in total. The zero-order valence-corrected chi connectivity index (χ0v) is 13.2. The smallest absolute Gasteiger partial charge is 0.253 e. The van der Waals surface area contributed by atoms with Crippen LogP contribution in [0.3, 0.4) is 0 Å². The number of nitrogens with two attached hydrogens (primary N) is 1. The predicted molar refractivity (Wildman–Crippen MR) is 80.3 cm³/mol. The lowest BCUT2D eigenvalue weighted by atomic mass is 10.1. The summed E-state index contributed by atoms with van der Waals surface area (Å²) in [7, 11) is 1.75. The second-order valence-electron chi connectivity index (χ2n) is 4.70. The molecule has 6 heteroatoms. The Kier molecular flexibility index (Phi) is 4.13. The van der Waals surface area contributed by atoms with Gasteiger partial charge in [0.05, 0.1) is 12.2 Å². The van der Waals surface area contributed by atoms with Crippen molar-refractivity contribution in [2.45, 2.75) is 20.4 Å². The maximum absolute atomic E-state index is 12.4. The Morgan fingerprint density at radius 3 is 2.70 bits per heavy atom. The molecule has 0 unspecified atom stereocenters. The van der Waals surface area contributed by atoms with Gasteiger partial charge in [-0.05, 0) is 48.0 Å². The van der Waals surface area contributed by atoms with Gasteiger partial charge in [0.25, 0.3) is 5.91 Å². The van der Waals surface area contributed by atoms with E-state index in [1.165, 1.54) is 0 Å². The standard InChI is InChI=1S/C14H16BrN3O2/c1-8-11(9(2)20-17-8)7-18(3)14(19)10-4-5-13(16)12(15)6-10/h4-6H,7,16H2,1-3H3. The number of halogens is 1. The molecule has 106 valence electrons. The number of benzene rings is 1.